The Labute approximate surface area is 145 Å². The largest absolute Gasteiger partial charge is 0.481 e. The van der Waals surface area contributed by atoms with Crippen molar-refractivity contribution in [1.82, 2.24) is 10.2 Å². The molecule has 1 aliphatic heterocycles. The van der Waals surface area contributed by atoms with Crippen molar-refractivity contribution in [3.8, 4) is 0 Å². The summed E-state index contributed by atoms with van der Waals surface area (Å²) in [7, 11) is 0. The number of nitrogens with two attached hydrogens (primary N) is 2. The molecule has 10 heteroatoms. The van der Waals surface area contributed by atoms with Gasteiger partial charge in [0.25, 0.3) is 0 Å². The second kappa shape index (κ2) is 9.94. The van der Waals surface area contributed by atoms with E-state index in [1.165, 1.54) is 4.90 Å². The second-order valence-electron chi connectivity index (χ2n) is 6.08. The molecule has 10 nitrogen and oxygen atoms in total. The van der Waals surface area contributed by atoms with Crippen LogP contribution in [0.5, 0.6) is 0 Å². The average molecular weight is 358 g/mol. The number of nitrogens with one attached hydrogen (secondary N) is 1. The van der Waals surface area contributed by atoms with Crippen LogP contribution in [-0.4, -0.2) is 70.1 Å². The Hall–Kier alpha value is -2.20. The fourth-order valence-corrected chi connectivity index (χ4v) is 2.80. The Morgan fingerprint density at radius 1 is 1.20 bits per heavy atom. The molecule has 2 amide bonds. The maximum atomic E-state index is 12.7. The van der Waals surface area contributed by atoms with E-state index in [1.54, 1.807) is 0 Å². The Kier molecular flexibility index (Phi) is 8.29. The molecular formula is C15H26N4O6. The molecule has 0 aromatic heterocycles. The summed E-state index contributed by atoms with van der Waals surface area (Å²) in [5.74, 6) is -3.54. The molecular weight excluding hydrogens is 332 g/mol. The molecule has 142 valence electrons. The zero-order valence-electron chi connectivity index (χ0n) is 14.0. The van der Waals surface area contributed by atoms with E-state index in [2.05, 4.69) is 5.32 Å². The fraction of sp³-hybridized carbons (Fsp3) is 0.733. The van der Waals surface area contributed by atoms with E-state index in [4.69, 9.17) is 16.6 Å². The van der Waals surface area contributed by atoms with Gasteiger partial charge in [-0.2, -0.15) is 0 Å². The molecule has 0 aromatic carbocycles. The summed E-state index contributed by atoms with van der Waals surface area (Å²) >= 11 is 0. The Bertz CT molecular complexity index is 512. The number of carboxylic acid groups (broad SMARTS) is 2. The van der Waals surface area contributed by atoms with Gasteiger partial charge in [-0.3, -0.25) is 14.4 Å². The molecule has 0 bridgehead atoms. The number of carboxylic acids is 2. The van der Waals surface area contributed by atoms with E-state index in [1.807, 2.05) is 0 Å². The highest BCUT2D eigenvalue weighted by atomic mass is 16.4. The molecule has 1 fully saturated rings. The molecule has 0 aromatic rings. The van der Waals surface area contributed by atoms with E-state index < -0.39 is 48.3 Å². The van der Waals surface area contributed by atoms with Crippen molar-refractivity contribution in [1.29, 1.82) is 0 Å². The van der Waals surface area contributed by atoms with Gasteiger partial charge in [-0.05, 0) is 38.6 Å². The monoisotopic (exact) mass is 358 g/mol. The maximum absolute atomic E-state index is 12.7. The van der Waals surface area contributed by atoms with Crippen molar-refractivity contribution in [3.05, 3.63) is 0 Å². The molecule has 0 aliphatic carbocycles. The Morgan fingerprint density at radius 3 is 2.44 bits per heavy atom. The van der Waals surface area contributed by atoms with E-state index in [0.717, 1.165) is 0 Å². The lowest BCUT2D eigenvalue weighted by molar-refractivity contribution is -0.149. The number of aliphatic carboxylic acids is 2. The molecule has 0 spiro atoms. The Morgan fingerprint density at radius 2 is 1.88 bits per heavy atom. The van der Waals surface area contributed by atoms with Crippen LogP contribution in [0.4, 0.5) is 0 Å². The van der Waals surface area contributed by atoms with Crippen LogP contribution in [0, 0.1) is 0 Å². The second-order valence-corrected chi connectivity index (χ2v) is 6.08. The standard InChI is InChI=1S/C15H26N4O6/c16-6-2-1-4-10(18-13(22)9(17)8-12(20)21)14(23)19-7-3-5-11(19)15(24)25/h9-11H,1-8,16-17H2,(H,18,22)(H,20,21)(H,24,25)/t9-,10-,11+/m0/s1. The van der Waals surface area contributed by atoms with Crippen LogP contribution in [0.25, 0.3) is 0 Å². The van der Waals surface area contributed by atoms with Crippen LogP contribution < -0.4 is 16.8 Å². The lowest BCUT2D eigenvalue weighted by atomic mass is 10.1. The fourth-order valence-electron chi connectivity index (χ4n) is 2.80. The van der Waals surface area contributed by atoms with Gasteiger partial charge in [-0.15, -0.1) is 0 Å². The highest BCUT2D eigenvalue weighted by Crippen LogP contribution is 2.19. The number of nitrogens with zero attached hydrogens (tertiary/aromatic N) is 1. The molecule has 1 heterocycles. The Balaban J connectivity index is 2.80. The molecule has 3 atom stereocenters. The van der Waals surface area contributed by atoms with Gasteiger partial charge in [0.1, 0.15) is 12.1 Å². The van der Waals surface area contributed by atoms with E-state index in [-0.39, 0.29) is 6.42 Å². The highest BCUT2D eigenvalue weighted by molar-refractivity contribution is 5.93. The first-order valence-electron chi connectivity index (χ1n) is 8.29. The predicted octanol–water partition coefficient (Wildman–Crippen LogP) is -1.52. The van der Waals surface area contributed by atoms with Crippen molar-refractivity contribution in [2.75, 3.05) is 13.1 Å². The van der Waals surface area contributed by atoms with E-state index >= 15 is 0 Å². The number of amides is 2. The van der Waals surface area contributed by atoms with Gasteiger partial charge in [0.2, 0.25) is 11.8 Å². The molecule has 25 heavy (non-hydrogen) atoms. The number of hydrogen-bond donors (Lipinski definition) is 5. The van der Waals surface area contributed by atoms with Gasteiger partial charge < -0.3 is 31.9 Å². The summed E-state index contributed by atoms with van der Waals surface area (Å²) in [5, 5.41) is 20.4. The smallest absolute Gasteiger partial charge is 0.326 e. The zero-order valence-corrected chi connectivity index (χ0v) is 14.0. The SMILES string of the molecule is NCCCC[C@H](NC(=O)[C@@H](N)CC(=O)O)C(=O)N1CCC[C@@H]1C(=O)O. The lowest BCUT2D eigenvalue weighted by Gasteiger charge is -2.28. The maximum Gasteiger partial charge on any atom is 0.326 e. The van der Waals surface area contributed by atoms with Crippen molar-refractivity contribution in [2.45, 2.75) is 56.7 Å². The minimum Gasteiger partial charge on any atom is -0.481 e. The van der Waals surface area contributed by atoms with Crippen LogP contribution >= 0.6 is 0 Å². The first-order chi connectivity index (χ1) is 11.8. The molecule has 7 N–H and O–H groups in total. The third kappa shape index (κ3) is 6.31. The number of unbranched alkanes of at least 4 members (excludes halogenated alkanes) is 1. The normalized spacial score (nSPS) is 19.3. The van der Waals surface area contributed by atoms with Crippen LogP contribution in [0.15, 0.2) is 0 Å². The summed E-state index contributed by atoms with van der Waals surface area (Å²) in [6.07, 6.45) is 1.87. The minimum atomic E-state index is -1.28. The van der Waals surface area contributed by atoms with Crippen molar-refractivity contribution < 1.29 is 29.4 Å². The van der Waals surface area contributed by atoms with Gasteiger partial charge in [-0.1, -0.05) is 0 Å². The van der Waals surface area contributed by atoms with Crippen molar-refractivity contribution in [3.63, 3.8) is 0 Å². The van der Waals surface area contributed by atoms with Gasteiger partial charge in [-0.25, -0.2) is 4.79 Å². The average Bonchev–Trinajstić information content (AvgIpc) is 3.02. The number of likely N-dealkylation sites (tertiary alicyclic amines) is 1. The molecule has 0 saturated carbocycles. The van der Waals surface area contributed by atoms with Gasteiger partial charge >= 0.3 is 11.9 Å². The summed E-state index contributed by atoms with van der Waals surface area (Å²) in [4.78, 5) is 47.9. The van der Waals surface area contributed by atoms with Crippen molar-refractivity contribution >= 4 is 23.8 Å². The highest BCUT2D eigenvalue weighted by Gasteiger charge is 2.37. The molecule has 1 aliphatic rings. The van der Waals surface area contributed by atoms with Gasteiger partial charge in [0.15, 0.2) is 0 Å². The number of rotatable bonds is 10. The third-order valence-corrected chi connectivity index (χ3v) is 4.11. The topological polar surface area (TPSA) is 176 Å². The van der Waals surface area contributed by atoms with Crippen LogP contribution in [-0.2, 0) is 19.2 Å². The molecule has 0 unspecified atom stereocenters. The van der Waals surface area contributed by atoms with E-state index in [9.17, 15) is 24.3 Å². The first kappa shape index (κ1) is 20.8. The number of hydrogen-bond acceptors (Lipinski definition) is 6. The van der Waals surface area contributed by atoms with Crippen molar-refractivity contribution in [2.24, 2.45) is 11.5 Å². The summed E-state index contributed by atoms with van der Waals surface area (Å²) in [5.41, 5.74) is 11.0. The predicted molar refractivity (Wildman–Crippen MR) is 87.4 cm³/mol. The van der Waals surface area contributed by atoms with Crippen LogP contribution in [0.2, 0.25) is 0 Å². The first-order valence-corrected chi connectivity index (χ1v) is 8.29. The summed E-state index contributed by atoms with van der Waals surface area (Å²) < 4.78 is 0. The zero-order chi connectivity index (χ0) is 19.0. The molecule has 0 radical (unpaired) electrons. The summed E-state index contributed by atoms with van der Waals surface area (Å²) in [6.45, 7) is 0.731. The summed E-state index contributed by atoms with van der Waals surface area (Å²) in [6, 6.07) is -3.14. The van der Waals surface area contributed by atoms with Gasteiger partial charge in [0, 0.05) is 6.54 Å². The number of carbonyl (C=O) groups is 4. The molecule has 1 saturated heterocycles. The van der Waals surface area contributed by atoms with E-state index in [0.29, 0.717) is 38.8 Å². The van der Waals surface area contributed by atoms with Crippen LogP contribution in [0.1, 0.15) is 38.5 Å². The van der Waals surface area contributed by atoms with Gasteiger partial charge in [0.05, 0.1) is 12.5 Å². The van der Waals surface area contributed by atoms with Crippen LogP contribution in [0.3, 0.4) is 0 Å². The number of carbonyl (C=O) groups excluding carboxylic acids is 2. The molecule has 1 rings (SSSR count). The minimum absolute atomic E-state index is 0.282. The quantitative estimate of drug-likeness (QED) is 0.292. The third-order valence-electron chi connectivity index (χ3n) is 4.11. The lowest BCUT2D eigenvalue weighted by Crippen LogP contribution is -2.54.